The minimum atomic E-state index is -4.22. The quantitative estimate of drug-likeness (QED) is 0.369. The van der Waals surface area contributed by atoms with Crippen molar-refractivity contribution in [3.8, 4) is 0 Å². The van der Waals surface area contributed by atoms with Crippen LogP contribution in [0.5, 0.6) is 0 Å². The second kappa shape index (κ2) is 12.1. The number of aromatic nitrogens is 4. The Kier molecular flexibility index (Phi) is 8.62. The van der Waals surface area contributed by atoms with Crippen molar-refractivity contribution in [3.63, 3.8) is 0 Å². The second-order valence-electron chi connectivity index (χ2n) is 12.2. The van der Waals surface area contributed by atoms with E-state index >= 15 is 0 Å². The minimum absolute atomic E-state index is 0.0217. The number of amides is 1. The zero-order valence-corrected chi connectivity index (χ0v) is 26.4. The van der Waals surface area contributed by atoms with E-state index in [2.05, 4.69) is 20.6 Å². The van der Waals surface area contributed by atoms with Gasteiger partial charge in [0, 0.05) is 49.3 Å². The number of rotatable bonds is 7. The molecule has 1 aliphatic carbocycles. The summed E-state index contributed by atoms with van der Waals surface area (Å²) in [7, 11) is -4.22. The number of ketones is 1. The maximum atomic E-state index is 13.4. The van der Waals surface area contributed by atoms with Gasteiger partial charge in [-0.3, -0.25) is 14.2 Å². The summed E-state index contributed by atoms with van der Waals surface area (Å²) in [6.07, 6.45) is 6.02. The van der Waals surface area contributed by atoms with E-state index in [4.69, 9.17) is 9.17 Å². The summed E-state index contributed by atoms with van der Waals surface area (Å²) in [5.41, 5.74) is 1.11. The minimum Gasteiger partial charge on any atom is -0.368 e. The van der Waals surface area contributed by atoms with E-state index in [-0.39, 0.29) is 42.0 Å². The number of Topliss-reactive ketones (excluding diaryl/α,β-unsaturated/α-hetero) is 1. The van der Waals surface area contributed by atoms with E-state index in [9.17, 15) is 22.8 Å². The van der Waals surface area contributed by atoms with E-state index in [1.807, 2.05) is 11.0 Å². The van der Waals surface area contributed by atoms with Gasteiger partial charge in [-0.15, -0.1) is 0 Å². The second-order valence-corrected chi connectivity index (χ2v) is 13.8. The first kappa shape index (κ1) is 31.3. The van der Waals surface area contributed by atoms with Crippen LogP contribution in [0.15, 0.2) is 29.3 Å². The van der Waals surface area contributed by atoms with Crippen molar-refractivity contribution in [2.24, 2.45) is 0 Å². The molecule has 2 fully saturated rings. The fraction of sp³-hybridized carbons (Fsp3) is 0.517. The van der Waals surface area contributed by atoms with Gasteiger partial charge in [-0.05, 0) is 65.2 Å². The Morgan fingerprint density at radius 1 is 1.02 bits per heavy atom. The molecule has 236 valence electrons. The number of hydrogen-bond acceptors (Lipinski definition) is 11. The zero-order chi connectivity index (χ0) is 31.8. The summed E-state index contributed by atoms with van der Waals surface area (Å²) in [6, 6.07) is 3.59. The van der Waals surface area contributed by atoms with E-state index in [0.29, 0.717) is 35.5 Å². The molecule has 0 radical (unpaired) electrons. The van der Waals surface area contributed by atoms with Crippen LogP contribution >= 0.6 is 0 Å². The van der Waals surface area contributed by atoms with Gasteiger partial charge < -0.3 is 19.7 Å². The lowest BCUT2D eigenvalue weighted by atomic mass is 10.0. The van der Waals surface area contributed by atoms with Crippen LogP contribution in [0.25, 0.3) is 11.0 Å². The predicted molar refractivity (Wildman–Crippen MR) is 166 cm³/mol. The fourth-order valence-corrected chi connectivity index (χ4v) is 6.66. The van der Waals surface area contributed by atoms with Crippen LogP contribution in [0.2, 0.25) is 0 Å². The SMILES string of the molecule is CC(=O)c1c(C)c2cnc(Nc3ccc(N4CCN(S(=O)(=O)OC(=O)NC(C)(C)C)CC4)cn3)nc2n(C2CCCC2)c1=O. The van der Waals surface area contributed by atoms with Gasteiger partial charge in [0.1, 0.15) is 11.5 Å². The molecule has 0 unspecified atom stereocenters. The average molecular weight is 627 g/mol. The molecule has 1 amide bonds. The number of fused-ring (bicyclic) bond motifs is 1. The molecule has 2 aliphatic rings. The average Bonchev–Trinajstić information content (AvgIpc) is 3.46. The molecule has 0 spiro atoms. The van der Waals surface area contributed by atoms with Crippen molar-refractivity contribution in [1.29, 1.82) is 0 Å². The normalized spacial score (nSPS) is 16.7. The third-order valence-electron chi connectivity index (χ3n) is 7.82. The van der Waals surface area contributed by atoms with Crippen LogP contribution in [-0.4, -0.2) is 75.8 Å². The van der Waals surface area contributed by atoms with Crippen LogP contribution in [0.4, 0.5) is 22.2 Å². The first-order valence-electron chi connectivity index (χ1n) is 14.7. The van der Waals surface area contributed by atoms with Crippen LogP contribution in [-0.2, 0) is 14.5 Å². The van der Waals surface area contributed by atoms with Crippen molar-refractivity contribution in [2.75, 3.05) is 36.4 Å². The molecule has 14 nitrogen and oxygen atoms in total. The lowest BCUT2D eigenvalue weighted by Crippen LogP contribution is -2.51. The molecule has 2 N–H and O–H groups in total. The first-order valence-corrected chi connectivity index (χ1v) is 16.0. The third kappa shape index (κ3) is 6.68. The van der Waals surface area contributed by atoms with Crippen LogP contribution in [0.3, 0.4) is 0 Å². The molecular weight excluding hydrogens is 588 g/mol. The van der Waals surface area contributed by atoms with E-state index in [1.165, 1.54) is 6.92 Å². The first-order chi connectivity index (χ1) is 20.7. The summed E-state index contributed by atoms with van der Waals surface area (Å²) in [4.78, 5) is 53.4. The third-order valence-corrected chi connectivity index (χ3v) is 9.18. The van der Waals surface area contributed by atoms with Crippen molar-refractivity contribution in [2.45, 2.75) is 71.9 Å². The summed E-state index contributed by atoms with van der Waals surface area (Å²) >= 11 is 0. The predicted octanol–water partition coefficient (Wildman–Crippen LogP) is 3.45. The summed E-state index contributed by atoms with van der Waals surface area (Å²) in [5, 5.41) is 6.25. The summed E-state index contributed by atoms with van der Waals surface area (Å²) in [6.45, 7) is 9.39. The Labute approximate surface area is 256 Å². The van der Waals surface area contributed by atoms with Crippen LogP contribution < -0.4 is 21.1 Å². The highest BCUT2D eigenvalue weighted by atomic mass is 32.2. The van der Waals surface area contributed by atoms with Crippen molar-refractivity contribution >= 4 is 50.7 Å². The molecule has 0 atom stereocenters. The van der Waals surface area contributed by atoms with E-state index in [0.717, 1.165) is 35.7 Å². The highest BCUT2D eigenvalue weighted by Crippen LogP contribution is 2.32. The molecule has 3 aromatic heterocycles. The highest BCUT2D eigenvalue weighted by Gasteiger charge is 2.32. The largest absolute Gasteiger partial charge is 0.424 e. The number of piperazine rings is 1. The Hall–Kier alpha value is -4.11. The van der Waals surface area contributed by atoms with Crippen LogP contribution in [0.1, 0.15) is 75.3 Å². The Morgan fingerprint density at radius 3 is 2.30 bits per heavy atom. The molecule has 0 bridgehead atoms. The number of nitrogens with one attached hydrogen (secondary N) is 2. The molecule has 1 saturated heterocycles. The van der Waals surface area contributed by atoms with Gasteiger partial charge in [-0.25, -0.2) is 14.8 Å². The summed E-state index contributed by atoms with van der Waals surface area (Å²) in [5.74, 6) is 0.486. The molecule has 1 aliphatic heterocycles. The maximum absolute atomic E-state index is 13.4. The Morgan fingerprint density at radius 2 is 1.70 bits per heavy atom. The highest BCUT2D eigenvalue weighted by molar-refractivity contribution is 7.84. The van der Waals surface area contributed by atoms with Gasteiger partial charge in [0.25, 0.3) is 5.56 Å². The van der Waals surface area contributed by atoms with Gasteiger partial charge in [0.2, 0.25) is 5.95 Å². The van der Waals surface area contributed by atoms with Gasteiger partial charge in [0.15, 0.2) is 5.78 Å². The number of aryl methyl sites for hydroxylation is 1. The lowest BCUT2D eigenvalue weighted by Gasteiger charge is -2.34. The number of anilines is 3. The van der Waals surface area contributed by atoms with Crippen molar-refractivity contribution in [1.82, 2.24) is 29.1 Å². The standard InChI is InChI=1S/C29H38N8O6S/c1-18-22-17-31-27(33-25(22)37(20-8-6-7-9-20)26(39)24(18)19(2)38)32-23-11-10-21(16-30-23)35-12-14-36(15-13-35)44(41,42)43-28(40)34-29(3,4)5/h10-11,16-17,20H,6-9,12-15H2,1-5H3,(H,34,40)(H,30,31,32,33). The molecule has 5 rings (SSSR count). The van der Waals surface area contributed by atoms with Crippen molar-refractivity contribution in [3.05, 3.63) is 46.0 Å². The summed E-state index contributed by atoms with van der Waals surface area (Å²) < 4.78 is 32.6. The lowest BCUT2D eigenvalue weighted by molar-refractivity contribution is 0.101. The molecule has 3 aromatic rings. The fourth-order valence-electron chi connectivity index (χ4n) is 5.72. The number of hydrogen-bond donors (Lipinski definition) is 2. The molecule has 4 heterocycles. The Balaban J connectivity index is 1.28. The molecule has 15 heteroatoms. The number of nitrogens with zero attached hydrogens (tertiary/aromatic N) is 6. The van der Waals surface area contributed by atoms with Gasteiger partial charge in [-0.1, -0.05) is 12.8 Å². The van der Waals surface area contributed by atoms with E-state index in [1.54, 1.807) is 50.7 Å². The van der Waals surface area contributed by atoms with Gasteiger partial charge >= 0.3 is 16.4 Å². The smallest absolute Gasteiger partial charge is 0.368 e. The molecule has 0 aromatic carbocycles. The number of carbonyl (C=O) groups is 2. The van der Waals surface area contributed by atoms with Crippen LogP contribution in [0, 0.1) is 6.92 Å². The Bertz CT molecular complexity index is 1740. The zero-order valence-electron chi connectivity index (χ0n) is 25.6. The molecule has 1 saturated carbocycles. The molecular formula is C29H38N8O6S. The van der Waals surface area contributed by atoms with Gasteiger partial charge in [0.05, 0.1) is 17.4 Å². The monoisotopic (exact) mass is 626 g/mol. The number of pyridine rings is 2. The topological polar surface area (TPSA) is 169 Å². The maximum Gasteiger partial charge on any atom is 0.424 e. The van der Waals surface area contributed by atoms with E-state index < -0.39 is 21.9 Å². The number of carbonyl (C=O) groups excluding carboxylic acids is 2. The van der Waals surface area contributed by atoms with Crippen molar-refractivity contribution < 1.29 is 22.2 Å². The molecule has 44 heavy (non-hydrogen) atoms. The van der Waals surface area contributed by atoms with Gasteiger partial charge in [-0.2, -0.15) is 17.7 Å².